The van der Waals surface area contributed by atoms with Gasteiger partial charge in [-0.2, -0.15) is 0 Å². The summed E-state index contributed by atoms with van der Waals surface area (Å²) in [6.07, 6.45) is -0.473. The largest absolute Gasteiger partial charge is 0.391 e. The quantitative estimate of drug-likeness (QED) is 0.634. The number of rotatable bonds is 7. The first-order valence-corrected chi connectivity index (χ1v) is 6.28. The van der Waals surface area contributed by atoms with Gasteiger partial charge in [0.05, 0.1) is 11.9 Å². The summed E-state index contributed by atoms with van der Waals surface area (Å²) in [6.45, 7) is 7.54. The molecule has 3 nitrogen and oxygen atoms in total. The molecule has 0 rings (SSSR count). The number of hydrogen-bond donors (Lipinski definition) is 2. The van der Waals surface area contributed by atoms with Crippen LogP contribution in [0.15, 0.2) is 0 Å². The minimum absolute atomic E-state index is 0.390. The number of aliphatic hydroxyl groups excluding tert-OH is 1. The van der Waals surface area contributed by atoms with Crippen LogP contribution in [0.4, 0.5) is 0 Å². The molecule has 2 N–H and O–H groups in total. The topological polar surface area (TPSA) is 49.3 Å². The first kappa shape index (κ1) is 13.1. The maximum atomic E-state index is 11.0. The van der Waals surface area contributed by atoms with E-state index in [-0.39, 0.29) is 0 Å². The molecule has 0 radical (unpaired) electrons. The standard InChI is InChI=1S/C9H21NO2S/c1-4-13(12)7-9(11)6-10-5-8(2)3/h8-11H,4-7H2,1-3H3. The summed E-state index contributed by atoms with van der Waals surface area (Å²) in [5.74, 6) is 1.60. The van der Waals surface area contributed by atoms with Crippen molar-refractivity contribution in [3.63, 3.8) is 0 Å². The molecule has 0 aliphatic carbocycles. The van der Waals surface area contributed by atoms with E-state index in [1.807, 2.05) is 6.92 Å². The summed E-state index contributed by atoms with van der Waals surface area (Å²) in [5, 5.41) is 12.5. The molecule has 0 amide bonds. The van der Waals surface area contributed by atoms with Gasteiger partial charge in [0.25, 0.3) is 0 Å². The zero-order chi connectivity index (χ0) is 10.3. The highest BCUT2D eigenvalue weighted by Gasteiger charge is 2.07. The van der Waals surface area contributed by atoms with E-state index in [0.717, 1.165) is 6.54 Å². The van der Waals surface area contributed by atoms with E-state index >= 15 is 0 Å². The van der Waals surface area contributed by atoms with Crippen molar-refractivity contribution in [2.45, 2.75) is 26.9 Å². The van der Waals surface area contributed by atoms with E-state index in [0.29, 0.717) is 24.0 Å². The van der Waals surface area contributed by atoms with E-state index in [9.17, 15) is 9.32 Å². The normalized spacial score (nSPS) is 16.1. The van der Waals surface area contributed by atoms with Crippen LogP contribution in [0.5, 0.6) is 0 Å². The summed E-state index contributed by atoms with van der Waals surface area (Å²) < 4.78 is 11.0. The van der Waals surface area contributed by atoms with Crippen molar-refractivity contribution in [3.8, 4) is 0 Å². The molecular weight excluding hydrogens is 186 g/mol. The third-order valence-corrected chi connectivity index (χ3v) is 3.03. The van der Waals surface area contributed by atoms with E-state index in [1.54, 1.807) is 0 Å². The molecule has 2 atom stereocenters. The molecule has 2 unspecified atom stereocenters. The van der Waals surface area contributed by atoms with E-state index in [2.05, 4.69) is 19.2 Å². The smallest absolute Gasteiger partial charge is 0.0779 e. The van der Waals surface area contributed by atoms with Crippen molar-refractivity contribution < 1.29 is 9.32 Å². The van der Waals surface area contributed by atoms with Gasteiger partial charge in [-0.1, -0.05) is 20.8 Å². The second kappa shape index (κ2) is 7.47. The van der Waals surface area contributed by atoms with Crippen LogP contribution in [0.2, 0.25) is 0 Å². The number of nitrogens with one attached hydrogen (secondary N) is 1. The Labute approximate surface area is 83.4 Å². The Morgan fingerprint density at radius 2 is 2.00 bits per heavy atom. The maximum Gasteiger partial charge on any atom is 0.0779 e. The zero-order valence-corrected chi connectivity index (χ0v) is 9.56. The third-order valence-electron chi connectivity index (χ3n) is 1.63. The highest BCUT2D eigenvalue weighted by molar-refractivity contribution is 7.84. The average molecular weight is 207 g/mol. The van der Waals surface area contributed by atoms with Gasteiger partial charge in [0, 0.05) is 23.1 Å². The second-order valence-corrected chi connectivity index (χ2v) is 5.39. The van der Waals surface area contributed by atoms with Gasteiger partial charge in [0.2, 0.25) is 0 Å². The van der Waals surface area contributed by atoms with Gasteiger partial charge in [-0.05, 0) is 12.5 Å². The summed E-state index contributed by atoms with van der Waals surface area (Å²) in [7, 11) is -0.861. The van der Waals surface area contributed by atoms with Gasteiger partial charge in [0.15, 0.2) is 0 Å². The van der Waals surface area contributed by atoms with Crippen LogP contribution in [0.25, 0.3) is 0 Å². The van der Waals surface area contributed by atoms with Crippen molar-refractivity contribution in [3.05, 3.63) is 0 Å². The fourth-order valence-electron chi connectivity index (χ4n) is 0.930. The van der Waals surface area contributed by atoms with Crippen LogP contribution < -0.4 is 5.32 Å². The molecule has 0 aliphatic rings. The third kappa shape index (κ3) is 8.40. The minimum atomic E-state index is -0.861. The molecule has 0 aromatic rings. The minimum Gasteiger partial charge on any atom is -0.391 e. The molecule has 0 aromatic carbocycles. The molecule has 0 aromatic heterocycles. The lowest BCUT2D eigenvalue weighted by Gasteiger charge is -2.12. The highest BCUT2D eigenvalue weighted by atomic mass is 32.2. The molecule has 80 valence electrons. The van der Waals surface area contributed by atoms with Gasteiger partial charge < -0.3 is 10.4 Å². The molecule has 0 fully saturated rings. The number of aliphatic hydroxyl groups is 1. The van der Waals surface area contributed by atoms with Crippen LogP contribution in [0.3, 0.4) is 0 Å². The monoisotopic (exact) mass is 207 g/mol. The van der Waals surface area contributed by atoms with Crippen LogP contribution in [0.1, 0.15) is 20.8 Å². The molecule has 0 bridgehead atoms. The summed E-state index contributed by atoms with van der Waals surface area (Å²) in [4.78, 5) is 0. The van der Waals surface area contributed by atoms with Crippen molar-refractivity contribution in [2.24, 2.45) is 5.92 Å². The Hall–Kier alpha value is 0.0700. The Bertz CT molecular complexity index is 151. The molecular formula is C9H21NO2S. The predicted octanol–water partition coefficient (Wildman–Crippen LogP) is 0.361. The van der Waals surface area contributed by atoms with Crippen molar-refractivity contribution in [2.75, 3.05) is 24.6 Å². The zero-order valence-electron chi connectivity index (χ0n) is 8.75. The average Bonchev–Trinajstić information content (AvgIpc) is 2.03. The lowest BCUT2D eigenvalue weighted by Crippen LogP contribution is -2.33. The summed E-state index contributed by atoms with van der Waals surface area (Å²) in [6, 6.07) is 0. The molecule has 0 saturated heterocycles. The van der Waals surface area contributed by atoms with E-state index < -0.39 is 16.9 Å². The first-order valence-electron chi connectivity index (χ1n) is 4.80. The van der Waals surface area contributed by atoms with Crippen LogP contribution in [0, 0.1) is 5.92 Å². The number of hydrogen-bond acceptors (Lipinski definition) is 3. The lowest BCUT2D eigenvalue weighted by molar-refractivity contribution is 0.193. The molecule has 0 aliphatic heterocycles. The van der Waals surface area contributed by atoms with E-state index in [4.69, 9.17) is 0 Å². The fourth-order valence-corrected chi connectivity index (χ4v) is 1.71. The summed E-state index contributed by atoms with van der Waals surface area (Å²) >= 11 is 0. The van der Waals surface area contributed by atoms with Gasteiger partial charge >= 0.3 is 0 Å². The Morgan fingerprint density at radius 3 is 2.46 bits per heavy atom. The van der Waals surface area contributed by atoms with Crippen molar-refractivity contribution in [1.29, 1.82) is 0 Å². The Morgan fingerprint density at radius 1 is 1.38 bits per heavy atom. The molecule has 4 heteroatoms. The lowest BCUT2D eigenvalue weighted by atomic mass is 10.2. The SMILES string of the molecule is CCS(=O)CC(O)CNCC(C)C. The van der Waals surface area contributed by atoms with Gasteiger partial charge in [0.1, 0.15) is 0 Å². The van der Waals surface area contributed by atoms with Gasteiger partial charge in [-0.25, -0.2) is 0 Å². The Kier molecular flexibility index (Phi) is 7.51. The summed E-state index contributed by atoms with van der Waals surface area (Å²) in [5.41, 5.74) is 0. The molecule has 0 heterocycles. The fraction of sp³-hybridized carbons (Fsp3) is 1.00. The molecule has 0 saturated carbocycles. The van der Waals surface area contributed by atoms with Crippen LogP contribution in [-0.2, 0) is 10.8 Å². The van der Waals surface area contributed by atoms with Crippen molar-refractivity contribution >= 4 is 10.8 Å². The molecule has 13 heavy (non-hydrogen) atoms. The van der Waals surface area contributed by atoms with Gasteiger partial charge in [-0.15, -0.1) is 0 Å². The van der Waals surface area contributed by atoms with Gasteiger partial charge in [-0.3, -0.25) is 4.21 Å². The van der Waals surface area contributed by atoms with Crippen molar-refractivity contribution in [1.82, 2.24) is 5.32 Å². The van der Waals surface area contributed by atoms with Crippen LogP contribution in [-0.4, -0.2) is 40.0 Å². The highest BCUT2D eigenvalue weighted by Crippen LogP contribution is 1.90. The molecule has 0 spiro atoms. The first-order chi connectivity index (χ1) is 6.06. The predicted molar refractivity (Wildman–Crippen MR) is 57.3 cm³/mol. The van der Waals surface area contributed by atoms with E-state index in [1.165, 1.54) is 0 Å². The second-order valence-electron chi connectivity index (χ2n) is 3.60. The Balaban J connectivity index is 3.40. The maximum absolute atomic E-state index is 11.0. The van der Waals surface area contributed by atoms with Crippen LogP contribution >= 0.6 is 0 Å².